The summed E-state index contributed by atoms with van der Waals surface area (Å²) in [5, 5.41) is 0. The Labute approximate surface area is 52.3 Å². The van der Waals surface area contributed by atoms with Gasteiger partial charge in [-0.25, -0.2) is 0 Å². The molecule has 0 saturated carbocycles. The Bertz CT molecular complexity index is 226. The minimum absolute atomic E-state index is 0.251. The smallest absolute Gasteiger partial charge is 0.0623 e. The topological polar surface area (TPSA) is 0 Å². The summed E-state index contributed by atoms with van der Waals surface area (Å²) in [6.07, 6.45) is 0. The zero-order valence-corrected chi connectivity index (χ0v) is 4.46. The van der Waals surface area contributed by atoms with Crippen molar-refractivity contribution in [3.63, 3.8) is 0 Å². The van der Waals surface area contributed by atoms with Gasteiger partial charge in [0.15, 0.2) is 0 Å². The third kappa shape index (κ3) is 0.969. The van der Waals surface area contributed by atoms with E-state index in [4.69, 9.17) is 2.74 Å². The summed E-state index contributed by atoms with van der Waals surface area (Å²) in [5.41, 5.74) is 0.789. The van der Waals surface area contributed by atoms with Gasteiger partial charge >= 0.3 is 0 Å². The highest BCUT2D eigenvalue weighted by atomic mass is 13.8. The molecular weight excluding hydrogens is 96.1 g/mol. The fraction of sp³-hybridized carbons (Fsp3) is 0. The number of rotatable bonds is 1. The van der Waals surface area contributed by atoms with Crippen LogP contribution in [-0.2, 0) is 0 Å². The molecule has 0 nitrogen and oxygen atoms in total. The van der Waals surface area contributed by atoms with Crippen molar-refractivity contribution < 1.29 is 2.74 Å². The van der Waals surface area contributed by atoms with Gasteiger partial charge in [-0.3, -0.25) is 0 Å². The van der Waals surface area contributed by atoms with E-state index in [0.717, 1.165) is 12.1 Å². The van der Waals surface area contributed by atoms with Crippen LogP contribution in [0.5, 0.6) is 0 Å². The van der Waals surface area contributed by atoms with E-state index in [-0.39, 0.29) is 6.05 Å². The molecular formula is C8H8. The molecule has 1 aromatic rings. The molecule has 0 saturated heterocycles. The molecule has 0 unspecified atom stereocenters. The Morgan fingerprint density at radius 3 is 2.88 bits per heavy atom. The van der Waals surface area contributed by atoms with E-state index in [2.05, 4.69) is 0 Å². The van der Waals surface area contributed by atoms with Crippen LogP contribution < -0.4 is 0 Å². The quantitative estimate of drug-likeness (QED) is 0.515. The second-order valence-electron chi connectivity index (χ2n) is 1.51. The Kier molecular flexibility index (Phi) is 0.891. The SMILES string of the molecule is [2H]C=C([2H])c1ccccc1. The first-order valence-corrected chi connectivity index (χ1v) is 2.45. The Morgan fingerprint density at radius 1 is 1.50 bits per heavy atom. The van der Waals surface area contributed by atoms with Gasteiger partial charge in [-0.05, 0) is 5.56 Å². The molecule has 0 radical (unpaired) electrons. The van der Waals surface area contributed by atoms with Crippen molar-refractivity contribution in [1.29, 1.82) is 0 Å². The lowest BCUT2D eigenvalue weighted by Gasteiger charge is -1.85. The third-order valence-electron chi connectivity index (χ3n) is 0.940. The predicted octanol–water partition coefficient (Wildman–Crippen LogP) is 2.33. The summed E-state index contributed by atoms with van der Waals surface area (Å²) in [5.74, 6) is 0. The molecule has 0 amide bonds. The second kappa shape index (κ2) is 2.31. The summed E-state index contributed by atoms with van der Waals surface area (Å²) in [7, 11) is 0. The lowest BCUT2D eigenvalue weighted by atomic mass is 10.2. The molecule has 0 aliphatic carbocycles. The van der Waals surface area contributed by atoms with Crippen LogP contribution in [0.4, 0.5) is 0 Å². The van der Waals surface area contributed by atoms with Gasteiger partial charge in [0.05, 0.1) is 2.74 Å². The minimum atomic E-state index is 0.251. The molecule has 0 heteroatoms. The molecule has 40 valence electrons. The summed E-state index contributed by atoms with van der Waals surface area (Å²) in [4.78, 5) is 0. The predicted molar refractivity (Wildman–Crippen MR) is 36.5 cm³/mol. The summed E-state index contributed by atoms with van der Waals surface area (Å²) < 4.78 is 14.0. The Balaban J connectivity index is 2.96. The van der Waals surface area contributed by atoms with Crippen LogP contribution >= 0.6 is 0 Å². The fourth-order valence-corrected chi connectivity index (χ4v) is 0.534. The van der Waals surface area contributed by atoms with Crippen LogP contribution in [-0.4, -0.2) is 0 Å². The van der Waals surface area contributed by atoms with Crippen molar-refractivity contribution in [2.45, 2.75) is 0 Å². The summed E-state index contributed by atoms with van der Waals surface area (Å²) >= 11 is 0. The highest BCUT2D eigenvalue weighted by molar-refractivity contribution is 5.45. The normalized spacial score (nSPS) is 14.8. The highest BCUT2D eigenvalue weighted by Crippen LogP contribution is 1.97. The summed E-state index contributed by atoms with van der Waals surface area (Å²) in [6, 6.07) is 9.47. The number of hydrogen-bond acceptors (Lipinski definition) is 0. The molecule has 1 rings (SSSR count). The molecule has 0 N–H and O–H groups in total. The molecule has 1 aromatic carbocycles. The van der Waals surface area contributed by atoms with Crippen molar-refractivity contribution in [3.8, 4) is 0 Å². The zero-order chi connectivity index (χ0) is 7.40. The van der Waals surface area contributed by atoms with E-state index in [1.54, 1.807) is 0 Å². The van der Waals surface area contributed by atoms with Gasteiger partial charge in [0.1, 0.15) is 0 Å². The van der Waals surface area contributed by atoms with Gasteiger partial charge in [-0.2, -0.15) is 0 Å². The average molecular weight is 106 g/mol. The molecule has 0 fully saturated rings. The Morgan fingerprint density at radius 2 is 2.25 bits per heavy atom. The van der Waals surface area contributed by atoms with Crippen LogP contribution in [0.1, 0.15) is 8.30 Å². The van der Waals surface area contributed by atoms with Crippen LogP contribution in [0.25, 0.3) is 6.05 Å². The molecule has 0 heterocycles. The first kappa shape index (κ1) is 3.08. The van der Waals surface area contributed by atoms with Gasteiger partial charge in [0.25, 0.3) is 0 Å². The van der Waals surface area contributed by atoms with E-state index in [0.29, 0.717) is 0 Å². The molecule has 0 spiro atoms. The van der Waals surface area contributed by atoms with E-state index in [1.807, 2.05) is 30.3 Å². The van der Waals surface area contributed by atoms with Gasteiger partial charge in [-0.15, -0.1) is 0 Å². The minimum Gasteiger partial charge on any atom is -0.0985 e. The van der Waals surface area contributed by atoms with Gasteiger partial charge in [0.2, 0.25) is 0 Å². The van der Waals surface area contributed by atoms with Crippen molar-refractivity contribution >= 4 is 6.05 Å². The highest BCUT2D eigenvalue weighted by Gasteiger charge is 1.75. The largest absolute Gasteiger partial charge is 0.0985 e. The first-order valence-electron chi connectivity index (χ1n) is 3.53. The molecule has 0 aliphatic rings. The van der Waals surface area contributed by atoms with E-state index >= 15 is 0 Å². The lowest BCUT2D eigenvalue weighted by molar-refractivity contribution is 1.67. The molecule has 0 aromatic heterocycles. The molecule has 0 bridgehead atoms. The molecule has 8 heavy (non-hydrogen) atoms. The third-order valence-corrected chi connectivity index (χ3v) is 0.940. The lowest BCUT2D eigenvalue weighted by Crippen LogP contribution is -1.63. The fourth-order valence-electron chi connectivity index (χ4n) is 0.534. The van der Waals surface area contributed by atoms with Crippen molar-refractivity contribution in [2.75, 3.05) is 0 Å². The van der Waals surface area contributed by atoms with E-state index in [9.17, 15) is 0 Å². The first-order chi connectivity index (χ1) is 4.84. The van der Waals surface area contributed by atoms with Crippen molar-refractivity contribution in [1.82, 2.24) is 0 Å². The van der Waals surface area contributed by atoms with Crippen LogP contribution in [0.3, 0.4) is 0 Å². The van der Waals surface area contributed by atoms with E-state index in [1.165, 1.54) is 0 Å². The van der Waals surface area contributed by atoms with E-state index < -0.39 is 0 Å². The van der Waals surface area contributed by atoms with Gasteiger partial charge in [-0.1, -0.05) is 42.9 Å². The van der Waals surface area contributed by atoms with Gasteiger partial charge < -0.3 is 0 Å². The van der Waals surface area contributed by atoms with Crippen LogP contribution in [0.15, 0.2) is 36.9 Å². The maximum atomic E-state index is 7.24. The van der Waals surface area contributed by atoms with Gasteiger partial charge in [0, 0.05) is 0 Å². The maximum absolute atomic E-state index is 7.24. The monoisotopic (exact) mass is 106 g/mol. The van der Waals surface area contributed by atoms with Crippen LogP contribution in [0.2, 0.25) is 0 Å². The Hall–Kier alpha value is -1.04. The zero-order valence-electron chi connectivity index (χ0n) is 6.46. The standard InChI is InChI=1S/C8H8/c1-2-8-6-4-3-5-7-8/h2-7H,1H2/i1D,2D. The molecule has 0 atom stereocenters. The maximum Gasteiger partial charge on any atom is 0.0623 e. The number of benzene rings is 1. The molecule has 0 aliphatic heterocycles. The van der Waals surface area contributed by atoms with Crippen molar-refractivity contribution in [3.05, 3.63) is 42.5 Å². The number of hydrogen-bond donors (Lipinski definition) is 0. The summed E-state index contributed by atoms with van der Waals surface area (Å²) in [6.45, 7) is 1.04. The second-order valence-corrected chi connectivity index (χ2v) is 1.51. The van der Waals surface area contributed by atoms with Crippen molar-refractivity contribution in [2.24, 2.45) is 0 Å². The average Bonchev–Trinajstić information content (AvgIpc) is 2.05. The van der Waals surface area contributed by atoms with Crippen LogP contribution in [0, 0.1) is 0 Å².